The first-order valence-corrected chi connectivity index (χ1v) is 7.58. The van der Waals surface area contributed by atoms with Crippen molar-refractivity contribution in [1.82, 2.24) is 20.3 Å². The van der Waals surface area contributed by atoms with Gasteiger partial charge in [0.2, 0.25) is 0 Å². The zero-order valence-corrected chi connectivity index (χ0v) is 12.1. The molecule has 1 N–H and O–H groups in total. The zero-order chi connectivity index (χ0) is 13.8. The lowest BCUT2D eigenvalue weighted by molar-refractivity contribution is 0.535. The van der Waals surface area contributed by atoms with Gasteiger partial charge in [0.15, 0.2) is 0 Å². The van der Waals surface area contributed by atoms with E-state index in [1.165, 1.54) is 0 Å². The summed E-state index contributed by atoms with van der Waals surface area (Å²) in [6.07, 6.45) is 4.55. The van der Waals surface area contributed by atoms with Crippen molar-refractivity contribution < 1.29 is 0 Å². The number of hydrogen-bond acceptors (Lipinski definition) is 5. The predicted molar refractivity (Wildman–Crippen MR) is 81.8 cm³/mol. The van der Waals surface area contributed by atoms with Gasteiger partial charge in [-0.3, -0.25) is 4.98 Å². The summed E-state index contributed by atoms with van der Waals surface area (Å²) in [6, 6.07) is 8.11. The molecule has 0 radical (unpaired) electrons. The molecule has 0 amide bonds. The molecule has 102 valence electrons. The van der Waals surface area contributed by atoms with Crippen LogP contribution < -0.4 is 5.32 Å². The lowest BCUT2D eigenvalue weighted by atomic mass is 10.1. The Balaban J connectivity index is 1.91. The van der Waals surface area contributed by atoms with Crippen molar-refractivity contribution in [2.45, 2.75) is 19.4 Å². The zero-order valence-electron chi connectivity index (χ0n) is 11.3. The number of thiazole rings is 1. The number of nitrogens with one attached hydrogen (secondary N) is 1. The molecule has 1 aromatic carbocycles. The number of aromatic nitrogens is 3. The highest BCUT2D eigenvalue weighted by Gasteiger charge is 2.15. The lowest BCUT2D eigenvalue weighted by Crippen LogP contribution is -2.24. The van der Waals surface area contributed by atoms with Gasteiger partial charge in [0.05, 0.1) is 34.0 Å². The van der Waals surface area contributed by atoms with Gasteiger partial charge in [-0.05, 0) is 18.7 Å². The minimum atomic E-state index is 0.156. The number of para-hydroxylation sites is 2. The van der Waals surface area contributed by atoms with Gasteiger partial charge in [-0.15, -0.1) is 11.3 Å². The Morgan fingerprint density at radius 1 is 1.20 bits per heavy atom. The highest BCUT2D eigenvalue weighted by Crippen LogP contribution is 2.19. The van der Waals surface area contributed by atoms with Crippen molar-refractivity contribution in [3.63, 3.8) is 0 Å². The molecule has 0 aliphatic carbocycles. The third kappa shape index (κ3) is 2.84. The Morgan fingerprint density at radius 3 is 2.80 bits per heavy atom. The standard InChI is InChI=1S/C15H16N4S/c1-2-16-13(9-15-17-7-8-20-15)14-10-18-11-5-3-4-6-12(11)19-14/h3-8,10,13,16H,2,9H2,1H3. The monoisotopic (exact) mass is 284 g/mol. The van der Waals surface area contributed by atoms with Crippen molar-refractivity contribution >= 4 is 22.4 Å². The Bertz CT molecular complexity index is 681. The van der Waals surface area contributed by atoms with Crippen LogP contribution in [0.1, 0.15) is 23.7 Å². The SMILES string of the molecule is CCNC(Cc1nccs1)c1cnc2ccccc2n1. The minimum Gasteiger partial charge on any atom is -0.309 e. The molecule has 5 heteroatoms. The number of likely N-dealkylation sites (N-methyl/N-ethyl adjacent to an activating group) is 1. The second-order valence-corrected chi connectivity index (χ2v) is 5.50. The van der Waals surface area contributed by atoms with E-state index in [1.807, 2.05) is 42.0 Å². The Kier molecular flexibility index (Phi) is 3.99. The van der Waals surface area contributed by atoms with E-state index >= 15 is 0 Å². The normalized spacial score (nSPS) is 12.7. The van der Waals surface area contributed by atoms with Gasteiger partial charge in [0.1, 0.15) is 0 Å². The Labute approximate surface area is 121 Å². The molecule has 0 spiro atoms. The highest BCUT2D eigenvalue weighted by molar-refractivity contribution is 7.09. The molecule has 20 heavy (non-hydrogen) atoms. The van der Waals surface area contributed by atoms with Gasteiger partial charge in [-0.25, -0.2) is 9.97 Å². The van der Waals surface area contributed by atoms with E-state index < -0.39 is 0 Å². The molecule has 0 aliphatic rings. The van der Waals surface area contributed by atoms with Crippen LogP contribution in [0.4, 0.5) is 0 Å². The maximum atomic E-state index is 4.73. The summed E-state index contributed by atoms with van der Waals surface area (Å²) in [7, 11) is 0. The van der Waals surface area contributed by atoms with Crippen LogP contribution in [0.25, 0.3) is 11.0 Å². The average Bonchev–Trinajstić information content (AvgIpc) is 2.99. The van der Waals surface area contributed by atoms with Crippen LogP contribution in [0.15, 0.2) is 42.0 Å². The van der Waals surface area contributed by atoms with Crippen LogP contribution in [0.3, 0.4) is 0 Å². The number of fused-ring (bicyclic) bond motifs is 1. The molecule has 4 nitrogen and oxygen atoms in total. The summed E-state index contributed by atoms with van der Waals surface area (Å²) in [5, 5.41) is 6.59. The molecular weight excluding hydrogens is 268 g/mol. The van der Waals surface area contributed by atoms with Crippen LogP contribution in [0.2, 0.25) is 0 Å². The van der Waals surface area contributed by atoms with Crippen LogP contribution in [0, 0.1) is 0 Å². The highest BCUT2D eigenvalue weighted by atomic mass is 32.1. The largest absolute Gasteiger partial charge is 0.309 e. The first-order valence-electron chi connectivity index (χ1n) is 6.70. The molecule has 0 aliphatic heterocycles. The minimum absolute atomic E-state index is 0.156. The summed E-state index contributed by atoms with van der Waals surface area (Å²) in [5.74, 6) is 0. The topological polar surface area (TPSA) is 50.7 Å². The van der Waals surface area contributed by atoms with E-state index in [-0.39, 0.29) is 6.04 Å². The molecule has 2 heterocycles. The second-order valence-electron chi connectivity index (χ2n) is 4.52. The maximum Gasteiger partial charge on any atom is 0.0944 e. The molecule has 3 aromatic rings. The number of rotatable bonds is 5. The van der Waals surface area contributed by atoms with E-state index in [2.05, 4.69) is 22.2 Å². The van der Waals surface area contributed by atoms with Crippen LogP contribution in [0.5, 0.6) is 0 Å². The van der Waals surface area contributed by atoms with Crippen LogP contribution >= 0.6 is 11.3 Å². The number of benzene rings is 1. The van der Waals surface area contributed by atoms with E-state index in [9.17, 15) is 0 Å². The molecule has 3 rings (SSSR count). The van der Waals surface area contributed by atoms with Gasteiger partial charge in [-0.1, -0.05) is 19.1 Å². The smallest absolute Gasteiger partial charge is 0.0944 e. The number of nitrogens with zero attached hydrogens (tertiary/aromatic N) is 3. The summed E-state index contributed by atoms with van der Waals surface area (Å²) >= 11 is 1.68. The molecular formula is C15H16N4S. The summed E-state index contributed by atoms with van der Waals surface area (Å²) in [6.45, 7) is 2.99. The van der Waals surface area contributed by atoms with E-state index in [1.54, 1.807) is 11.3 Å². The lowest BCUT2D eigenvalue weighted by Gasteiger charge is -2.16. The average molecular weight is 284 g/mol. The van der Waals surface area contributed by atoms with Gasteiger partial charge >= 0.3 is 0 Å². The van der Waals surface area contributed by atoms with E-state index in [0.29, 0.717) is 0 Å². The summed E-state index contributed by atoms with van der Waals surface area (Å²) < 4.78 is 0. The van der Waals surface area contributed by atoms with E-state index in [4.69, 9.17) is 4.98 Å². The van der Waals surface area contributed by atoms with Gasteiger partial charge in [0, 0.05) is 18.0 Å². The fraction of sp³-hybridized carbons (Fsp3) is 0.267. The third-order valence-corrected chi connectivity index (χ3v) is 3.94. The summed E-state index contributed by atoms with van der Waals surface area (Å²) in [4.78, 5) is 13.6. The fourth-order valence-electron chi connectivity index (χ4n) is 2.20. The van der Waals surface area contributed by atoms with Crippen LogP contribution in [-0.2, 0) is 6.42 Å². The second kappa shape index (κ2) is 6.07. The van der Waals surface area contributed by atoms with Gasteiger partial charge in [-0.2, -0.15) is 0 Å². The molecule has 0 saturated carbocycles. The van der Waals surface area contributed by atoms with Crippen molar-refractivity contribution in [2.24, 2.45) is 0 Å². The van der Waals surface area contributed by atoms with Gasteiger partial charge in [0.25, 0.3) is 0 Å². The molecule has 0 bridgehead atoms. The van der Waals surface area contributed by atoms with Crippen molar-refractivity contribution in [3.05, 3.63) is 52.7 Å². The quantitative estimate of drug-likeness (QED) is 0.782. The maximum absolute atomic E-state index is 4.73. The number of hydrogen-bond donors (Lipinski definition) is 1. The van der Waals surface area contributed by atoms with Crippen molar-refractivity contribution in [3.8, 4) is 0 Å². The van der Waals surface area contributed by atoms with Crippen molar-refractivity contribution in [1.29, 1.82) is 0 Å². The first-order chi connectivity index (χ1) is 9.86. The van der Waals surface area contributed by atoms with E-state index in [0.717, 1.165) is 34.7 Å². The van der Waals surface area contributed by atoms with Crippen LogP contribution in [-0.4, -0.2) is 21.5 Å². The third-order valence-electron chi connectivity index (χ3n) is 3.14. The van der Waals surface area contributed by atoms with Gasteiger partial charge < -0.3 is 5.32 Å². The molecule has 1 atom stereocenters. The summed E-state index contributed by atoms with van der Waals surface area (Å²) in [5.41, 5.74) is 2.84. The predicted octanol–water partition coefficient (Wildman–Crippen LogP) is 2.98. The molecule has 0 saturated heterocycles. The fourth-order valence-corrected chi connectivity index (χ4v) is 2.86. The molecule has 0 fully saturated rings. The first kappa shape index (κ1) is 13.1. The molecule has 1 unspecified atom stereocenters. The Hall–Kier alpha value is -1.85. The Morgan fingerprint density at radius 2 is 2.05 bits per heavy atom. The molecule has 2 aromatic heterocycles. The van der Waals surface area contributed by atoms with Crippen molar-refractivity contribution in [2.75, 3.05) is 6.54 Å².